The third-order valence-corrected chi connectivity index (χ3v) is 3.16. The second kappa shape index (κ2) is 4.77. The molecule has 2 heterocycles. The summed E-state index contributed by atoms with van der Waals surface area (Å²) in [6.07, 6.45) is 1.52. The molecule has 5 nitrogen and oxygen atoms in total. The lowest BCUT2D eigenvalue weighted by atomic mass is 10.1. The van der Waals surface area contributed by atoms with Crippen molar-refractivity contribution in [3.05, 3.63) is 54.1 Å². The van der Waals surface area contributed by atoms with Crippen molar-refractivity contribution in [1.82, 2.24) is 19.7 Å². The summed E-state index contributed by atoms with van der Waals surface area (Å²) >= 11 is 0. The second-order valence-corrected chi connectivity index (χ2v) is 4.64. The maximum absolute atomic E-state index is 6.26. The molecule has 0 bridgehead atoms. The van der Waals surface area contributed by atoms with Gasteiger partial charge >= 0.3 is 0 Å². The van der Waals surface area contributed by atoms with Crippen molar-refractivity contribution in [1.29, 1.82) is 0 Å². The monoisotopic (exact) mass is 265 g/mol. The van der Waals surface area contributed by atoms with Gasteiger partial charge in [-0.3, -0.25) is 0 Å². The van der Waals surface area contributed by atoms with Crippen LogP contribution in [0.2, 0.25) is 0 Å². The highest BCUT2D eigenvalue weighted by atomic mass is 15.3. The third kappa shape index (κ3) is 2.03. The van der Waals surface area contributed by atoms with Crippen LogP contribution in [0.15, 0.2) is 42.7 Å². The van der Waals surface area contributed by atoms with Crippen LogP contribution in [0.4, 0.5) is 5.82 Å². The molecule has 2 N–H and O–H groups in total. The number of anilines is 1. The second-order valence-electron chi connectivity index (χ2n) is 4.64. The van der Waals surface area contributed by atoms with E-state index in [4.69, 9.17) is 5.73 Å². The highest BCUT2D eigenvalue weighted by molar-refractivity contribution is 5.77. The minimum absolute atomic E-state index is 0.590. The fourth-order valence-electron chi connectivity index (χ4n) is 2.24. The van der Waals surface area contributed by atoms with Crippen molar-refractivity contribution >= 4 is 5.82 Å². The predicted molar refractivity (Wildman–Crippen MR) is 78.5 cm³/mol. The van der Waals surface area contributed by atoms with E-state index in [1.54, 1.807) is 4.68 Å². The van der Waals surface area contributed by atoms with Crippen LogP contribution in [0.1, 0.15) is 11.4 Å². The molecule has 3 aromatic rings. The van der Waals surface area contributed by atoms with Gasteiger partial charge in [-0.2, -0.15) is 9.78 Å². The lowest BCUT2D eigenvalue weighted by molar-refractivity contribution is 0.830. The summed E-state index contributed by atoms with van der Waals surface area (Å²) in [6.45, 7) is 3.86. The molecule has 0 spiro atoms. The molecular formula is C15H15N5. The average Bonchev–Trinajstić information content (AvgIpc) is 2.75. The summed E-state index contributed by atoms with van der Waals surface area (Å²) in [5.74, 6) is 1.27. The third-order valence-electron chi connectivity index (χ3n) is 3.16. The molecule has 0 aliphatic heterocycles. The SMILES string of the molecule is Cc1cc(-n2nc(C)c(-c3ccccc3)c2N)ncn1. The molecular weight excluding hydrogens is 250 g/mol. The molecule has 20 heavy (non-hydrogen) atoms. The topological polar surface area (TPSA) is 69.6 Å². The first kappa shape index (κ1) is 12.3. The van der Waals surface area contributed by atoms with E-state index in [0.717, 1.165) is 22.5 Å². The van der Waals surface area contributed by atoms with Crippen LogP contribution in [-0.2, 0) is 0 Å². The summed E-state index contributed by atoms with van der Waals surface area (Å²) in [5.41, 5.74) is 10.0. The van der Waals surface area contributed by atoms with E-state index in [2.05, 4.69) is 15.1 Å². The summed E-state index contributed by atoms with van der Waals surface area (Å²) in [6, 6.07) is 11.9. The Hall–Kier alpha value is -2.69. The minimum Gasteiger partial charge on any atom is -0.383 e. The first-order chi connectivity index (χ1) is 9.66. The molecule has 2 aromatic heterocycles. The first-order valence-electron chi connectivity index (χ1n) is 6.36. The minimum atomic E-state index is 0.590. The van der Waals surface area contributed by atoms with Crippen LogP contribution in [0.5, 0.6) is 0 Å². The van der Waals surface area contributed by atoms with Crippen LogP contribution in [0.25, 0.3) is 16.9 Å². The van der Waals surface area contributed by atoms with E-state index in [1.807, 2.05) is 50.2 Å². The molecule has 0 radical (unpaired) electrons. The van der Waals surface area contributed by atoms with Gasteiger partial charge in [-0.15, -0.1) is 0 Å². The van der Waals surface area contributed by atoms with Crippen LogP contribution in [-0.4, -0.2) is 19.7 Å². The lowest BCUT2D eigenvalue weighted by Gasteiger charge is -2.04. The Morgan fingerprint density at radius 2 is 1.80 bits per heavy atom. The Morgan fingerprint density at radius 1 is 1.05 bits per heavy atom. The molecule has 0 saturated heterocycles. The number of nitrogen functional groups attached to an aromatic ring is 1. The first-order valence-corrected chi connectivity index (χ1v) is 6.36. The van der Waals surface area contributed by atoms with Gasteiger partial charge in [0.15, 0.2) is 5.82 Å². The van der Waals surface area contributed by atoms with Gasteiger partial charge in [0, 0.05) is 17.3 Å². The van der Waals surface area contributed by atoms with Crippen LogP contribution in [0, 0.1) is 13.8 Å². The van der Waals surface area contributed by atoms with Gasteiger partial charge in [0.25, 0.3) is 0 Å². The van der Waals surface area contributed by atoms with Gasteiger partial charge in [-0.25, -0.2) is 9.97 Å². The molecule has 1 aromatic carbocycles. The van der Waals surface area contributed by atoms with Gasteiger partial charge in [0.1, 0.15) is 12.1 Å². The van der Waals surface area contributed by atoms with Crippen LogP contribution >= 0.6 is 0 Å². The van der Waals surface area contributed by atoms with Crippen molar-refractivity contribution in [2.75, 3.05) is 5.73 Å². The predicted octanol–water partition coefficient (Wildman–Crippen LogP) is 2.53. The molecule has 3 rings (SSSR count). The van der Waals surface area contributed by atoms with Gasteiger partial charge in [-0.1, -0.05) is 30.3 Å². The number of hydrogen-bond acceptors (Lipinski definition) is 4. The summed E-state index contributed by atoms with van der Waals surface area (Å²) in [4.78, 5) is 8.32. The zero-order valence-electron chi connectivity index (χ0n) is 11.4. The largest absolute Gasteiger partial charge is 0.383 e. The van der Waals surface area contributed by atoms with Crippen LogP contribution in [0.3, 0.4) is 0 Å². The summed E-state index contributed by atoms with van der Waals surface area (Å²) < 4.78 is 1.66. The highest BCUT2D eigenvalue weighted by Crippen LogP contribution is 2.30. The zero-order chi connectivity index (χ0) is 14.1. The van der Waals surface area contributed by atoms with Crippen LogP contribution < -0.4 is 5.73 Å². The van der Waals surface area contributed by atoms with Gasteiger partial charge in [0.05, 0.1) is 5.69 Å². The van der Waals surface area contributed by atoms with Crippen molar-refractivity contribution < 1.29 is 0 Å². The number of benzene rings is 1. The van der Waals surface area contributed by atoms with E-state index in [0.29, 0.717) is 11.6 Å². The number of nitrogens with zero attached hydrogens (tertiary/aromatic N) is 4. The smallest absolute Gasteiger partial charge is 0.159 e. The average molecular weight is 265 g/mol. The zero-order valence-corrected chi connectivity index (χ0v) is 11.4. The van der Waals surface area contributed by atoms with Crippen molar-refractivity contribution in [2.45, 2.75) is 13.8 Å². The van der Waals surface area contributed by atoms with E-state index in [-0.39, 0.29) is 0 Å². The number of aryl methyl sites for hydroxylation is 2. The van der Waals surface area contributed by atoms with E-state index in [9.17, 15) is 0 Å². The van der Waals surface area contributed by atoms with Crippen molar-refractivity contribution in [3.63, 3.8) is 0 Å². The normalized spacial score (nSPS) is 10.7. The fraction of sp³-hybridized carbons (Fsp3) is 0.133. The highest BCUT2D eigenvalue weighted by Gasteiger charge is 2.15. The molecule has 0 aliphatic carbocycles. The molecule has 0 fully saturated rings. The fourth-order valence-corrected chi connectivity index (χ4v) is 2.24. The summed E-state index contributed by atoms with van der Waals surface area (Å²) in [7, 11) is 0. The Kier molecular flexibility index (Phi) is 2.95. The van der Waals surface area contributed by atoms with E-state index in [1.165, 1.54) is 6.33 Å². The number of nitrogens with two attached hydrogens (primary N) is 1. The number of aromatic nitrogens is 4. The van der Waals surface area contributed by atoms with Gasteiger partial charge in [0.2, 0.25) is 0 Å². The van der Waals surface area contributed by atoms with Crippen molar-refractivity contribution in [2.24, 2.45) is 0 Å². The Bertz CT molecular complexity index is 746. The molecule has 5 heteroatoms. The quantitative estimate of drug-likeness (QED) is 0.773. The Balaban J connectivity index is 2.17. The molecule has 100 valence electrons. The number of rotatable bonds is 2. The maximum atomic E-state index is 6.26. The van der Waals surface area contributed by atoms with E-state index < -0.39 is 0 Å². The van der Waals surface area contributed by atoms with Gasteiger partial charge in [-0.05, 0) is 19.4 Å². The van der Waals surface area contributed by atoms with Crippen molar-refractivity contribution in [3.8, 4) is 16.9 Å². The Morgan fingerprint density at radius 3 is 2.50 bits per heavy atom. The summed E-state index contributed by atoms with van der Waals surface area (Å²) in [5, 5.41) is 4.50. The molecule has 0 saturated carbocycles. The Labute approximate surface area is 117 Å². The molecule has 0 aliphatic rings. The maximum Gasteiger partial charge on any atom is 0.159 e. The molecule has 0 amide bonds. The molecule has 0 unspecified atom stereocenters. The van der Waals surface area contributed by atoms with Gasteiger partial charge < -0.3 is 5.73 Å². The lowest BCUT2D eigenvalue weighted by Crippen LogP contribution is -2.05. The standard InChI is InChI=1S/C15H15N5/c1-10-8-13(18-9-17-10)20-15(16)14(11(2)19-20)12-6-4-3-5-7-12/h3-9H,16H2,1-2H3. The molecule has 0 atom stereocenters. The number of hydrogen-bond donors (Lipinski definition) is 1. The van der Waals surface area contributed by atoms with E-state index >= 15 is 0 Å².